The van der Waals surface area contributed by atoms with Gasteiger partial charge in [0.1, 0.15) is 17.5 Å². The van der Waals surface area contributed by atoms with E-state index in [2.05, 4.69) is 48.4 Å². The SMILES string of the molecule is C[n+]1cn(-c2cccc(-n3cnc4cccnc43)c2)c2ncccc21. The van der Waals surface area contributed by atoms with E-state index in [0.717, 1.165) is 33.7 Å². The van der Waals surface area contributed by atoms with E-state index in [1.54, 1.807) is 6.20 Å². The molecule has 0 aliphatic heterocycles. The second-order valence-electron chi connectivity index (χ2n) is 5.92. The molecule has 5 aromatic rings. The molecule has 0 N–H and O–H groups in total. The molecule has 1 aromatic carbocycles. The van der Waals surface area contributed by atoms with Gasteiger partial charge in [0, 0.05) is 18.5 Å². The summed E-state index contributed by atoms with van der Waals surface area (Å²) >= 11 is 0. The Balaban J connectivity index is 1.71. The van der Waals surface area contributed by atoms with Crippen LogP contribution in [0.5, 0.6) is 0 Å². The summed E-state index contributed by atoms with van der Waals surface area (Å²) in [6.07, 6.45) is 7.45. The Labute approximate surface area is 143 Å². The van der Waals surface area contributed by atoms with Gasteiger partial charge in [-0.05, 0) is 36.4 Å². The van der Waals surface area contributed by atoms with E-state index in [1.807, 2.05) is 54.7 Å². The van der Waals surface area contributed by atoms with Crippen LogP contribution in [0.2, 0.25) is 0 Å². The molecule has 6 heteroatoms. The molecule has 6 nitrogen and oxygen atoms in total. The van der Waals surface area contributed by atoms with Crippen LogP contribution >= 0.6 is 0 Å². The molecule has 0 unspecified atom stereocenters. The highest BCUT2D eigenvalue weighted by atomic mass is 15.2. The van der Waals surface area contributed by atoms with Gasteiger partial charge in [0.25, 0.3) is 12.0 Å². The Bertz CT molecular complexity index is 1220. The molecule has 120 valence electrons. The van der Waals surface area contributed by atoms with E-state index in [0.29, 0.717) is 0 Å². The lowest BCUT2D eigenvalue weighted by Gasteiger charge is -2.05. The number of imidazole rings is 2. The van der Waals surface area contributed by atoms with Crippen LogP contribution < -0.4 is 4.57 Å². The van der Waals surface area contributed by atoms with Gasteiger partial charge in [-0.25, -0.2) is 19.5 Å². The maximum Gasteiger partial charge on any atom is 0.273 e. The second-order valence-corrected chi connectivity index (χ2v) is 5.92. The first-order valence-electron chi connectivity index (χ1n) is 8.02. The zero-order valence-electron chi connectivity index (χ0n) is 13.6. The minimum absolute atomic E-state index is 0.848. The summed E-state index contributed by atoms with van der Waals surface area (Å²) in [5.74, 6) is 0. The monoisotopic (exact) mass is 327 g/mol. The Hall–Kier alpha value is -3.54. The quantitative estimate of drug-likeness (QED) is 0.468. The molecule has 0 atom stereocenters. The van der Waals surface area contributed by atoms with Crippen molar-refractivity contribution in [2.45, 2.75) is 0 Å². The van der Waals surface area contributed by atoms with Crippen molar-refractivity contribution < 1.29 is 4.57 Å². The van der Waals surface area contributed by atoms with Crippen LogP contribution in [0.25, 0.3) is 33.7 Å². The summed E-state index contributed by atoms with van der Waals surface area (Å²) in [7, 11) is 2.03. The standard InChI is InChI=1S/C19H15N6/c1-23-13-25(19-17(23)8-4-10-21-19)15-6-2-5-14(11-15)24-12-22-16-7-3-9-20-18(16)24/h2-13H,1H3/q+1. The van der Waals surface area contributed by atoms with E-state index < -0.39 is 0 Å². The number of benzene rings is 1. The third-order valence-electron chi connectivity index (χ3n) is 4.36. The number of aryl methyl sites for hydroxylation is 1. The first-order valence-corrected chi connectivity index (χ1v) is 8.02. The molecule has 0 saturated heterocycles. The minimum Gasteiger partial charge on any atom is -0.283 e. The summed E-state index contributed by atoms with van der Waals surface area (Å²) in [6.45, 7) is 0. The minimum atomic E-state index is 0.848. The molecule has 0 aliphatic rings. The third-order valence-corrected chi connectivity index (χ3v) is 4.36. The summed E-state index contributed by atoms with van der Waals surface area (Å²) in [5.41, 5.74) is 5.80. The van der Waals surface area contributed by atoms with Gasteiger partial charge in [-0.1, -0.05) is 6.07 Å². The van der Waals surface area contributed by atoms with Crippen LogP contribution in [-0.4, -0.2) is 24.1 Å². The predicted molar refractivity (Wildman–Crippen MR) is 94.7 cm³/mol. The van der Waals surface area contributed by atoms with Crippen molar-refractivity contribution in [2.75, 3.05) is 0 Å². The molecule has 0 saturated carbocycles. The molecule has 0 aliphatic carbocycles. The van der Waals surface area contributed by atoms with Crippen molar-refractivity contribution in [1.82, 2.24) is 24.1 Å². The Morgan fingerprint density at radius 3 is 2.44 bits per heavy atom. The summed E-state index contributed by atoms with van der Waals surface area (Å²) in [5, 5.41) is 0. The predicted octanol–water partition coefficient (Wildman–Crippen LogP) is 2.58. The molecule has 25 heavy (non-hydrogen) atoms. The van der Waals surface area contributed by atoms with E-state index in [9.17, 15) is 0 Å². The van der Waals surface area contributed by atoms with E-state index in [1.165, 1.54) is 0 Å². The third kappa shape index (κ3) is 2.11. The van der Waals surface area contributed by atoms with E-state index in [-0.39, 0.29) is 0 Å². The van der Waals surface area contributed by atoms with Crippen molar-refractivity contribution in [3.63, 3.8) is 0 Å². The molecule has 4 aromatic heterocycles. The lowest BCUT2D eigenvalue weighted by atomic mass is 10.2. The number of pyridine rings is 2. The fourth-order valence-electron chi connectivity index (χ4n) is 3.16. The average Bonchev–Trinajstić information content (AvgIpc) is 3.24. The smallest absolute Gasteiger partial charge is 0.273 e. The fraction of sp³-hybridized carbons (Fsp3) is 0.0526. The fourth-order valence-corrected chi connectivity index (χ4v) is 3.16. The molecule has 0 amide bonds. The average molecular weight is 327 g/mol. The lowest BCUT2D eigenvalue weighted by molar-refractivity contribution is -0.645. The Morgan fingerprint density at radius 1 is 0.800 bits per heavy atom. The number of rotatable bonds is 2. The highest BCUT2D eigenvalue weighted by Gasteiger charge is 2.16. The van der Waals surface area contributed by atoms with E-state index >= 15 is 0 Å². The summed E-state index contributed by atoms with van der Waals surface area (Å²) in [6, 6.07) is 16.2. The molecular formula is C19H15N6+. The Morgan fingerprint density at radius 2 is 1.56 bits per heavy atom. The van der Waals surface area contributed by atoms with Gasteiger partial charge in [-0.15, -0.1) is 0 Å². The van der Waals surface area contributed by atoms with Crippen LogP contribution in [0.1, 0.15) is 0 Å². The van der Waals surface area contributed by atoms with Crippen molar-refractivity contribution in [1.29, 1.82) is 0 Å². The summed E-state index contributed by atoms with van der Waals surface area (Å²) < 4.78 is 6.16. The highest BCUT2D eigenvalue weighted by Crippen LogP contribution is 2.20. The molecular weight excluding hydrogens is 312 g/mol. The highest BCUT2D eigenvalue weighted by molar-refractivity contribution is 5.73. The topological polar surface area (TPSA) is 52.4 Å². The largest absolute Gasteiger partial charge is 0.283 e. The normalized spacial score (nSPS) is 11.4. The zero-order valence-corrected chi connectivity index (χ0v) is 13.6. The molecule has 5 rings (SSSR count). The molecule has 0 bridgehead atoms. The van der Waals surface area contributed by atoms with E-state index in [4.69, 9.17) is 0 Å². The maximum absolute atomic E-state index is 4.53. The van der Waals surface area contributed by atoms with Crippen molar-refractivity contribution >= 4 is 22.3 Å². The van der Waals surface area contributed by atoms with Gasteiger partial charge in [-0.3, -0.25) is 4.57 Å². The Kier molecular flexibility index (Phi) is 2.90. The van der Waals surface area contributed by atoms with Crippen molar-refractivity contribution in [3.8, 4) is 11.4 Å². The van der Waals surface area contributed by atoms with Gasteiger partial charge in [0.15, 0.2) is 11.2 Å². The number of nitrogens with zero attached hydrogens (tertiary/aromatic N) is 6. The van der Waals surface area contributed by atoms with Gasteiger partial charge in [0.05, 0.1) is 12.7 Å². The molecule has 4 heterocycles. The first kappa shape index (κ1) is 13.9. The molecule has 0 fully saturated rings. The van der Waals surface area contributed by atoms with Crippen LogP contribution in [0.15, 0.2) is 73.6 Å². The van der Waals surface area contributed by atoms with Gasteiger partial charge in [0.2, 0.25) is 0 Å². The van der Waals surface area contributed by atoms with Gasteiger partial charge in [-0.2, -0.15) is 4.57 Å². The van der Waals surface area contributed by atoms with Crippen LogP contribution in [0, 0.1) is 0 Å². The van der Waals surface area contributed by atoms with Gasteiger partial charge < -0.3 is 0 Å². The summed E-state index contributed by atoms with van der Waals surface area (Å²) in [4.78, 5) is 13.4. The molecule has 0 spiro atoms. The van der Waals surface area contributed by atoms with Crippen LogP contribution in [-0.2, 0) is 7.05 Å². The van der Waals surface area contributed by atoms with Crippen LogP contribution in [0.3, 0.4) is 0 Å². The number of hydrogen-bond acceptors (Lipinski definition) is 3. The number of aromatic nitrogens is 6. The lowest BCUT2D eigenvalue weighted by Crippen LogP contribution is -2.25. The maximum atomic E-state index is 4.53. The van der Waals surface area contributed by atoms with Gasteiger partial charge >= 0.3 is 0 Å². The second kappa shape index (κ2) is 5.24. The first-order chi connectivity index (χ1) is 12.3. The van der Waals surface area contributed by atoms with Crippen molar-refractivity contribution in [3.05, 3.63) is 73.6 Å². The number of hydrogen-bond donors (Lipinski definition) is 0. The van der Waals surface area contributed by atoms with Crippen LogP contribution in [0.4, 0.5) is 0 Å². The zero-order chi connectivity index (χ0) is 16.8. The van der Waals surface area contributed by atoms with Crippen molar-refractivity contribution in [2.24, 2.45) is 7.05 Å². The number of fused-ring (bicyclic) bond motifs is 2. The molecule has 0 radical (unpaired) electrons.